The van der Waals surface area contributed by atoms with Crippen LogP contribution in [-0.4, -0.2) is 27.6 Å². The number of hydrogen-bond donors (Lipinski definition) is 2. The van der Waals surface area contributed by atoms with Crippen molar-refractivity contribution in [2.24, 2.45) is 5.73 Å². The highest BCUT2D eigenvalue weighted by Crippen LogP contribution is 2.35. The molecular weight excluding hydrogens is 344 g/mol. The van der Waals surface area contributed by atoms with Gasteiger partial charge < -0.3 is 15.6 Å². The molecule has 1 fully saturated rings. The van der Waals surface area contributed by atoms with Crippen LogP contribution in [0.25, 0.3) is 0 Å². The molecule has 21 heavy (non-hydrogen) atoms. The number of carboxylic acid groups (broad SMARTS) is 1. The second-order valence-corrected chi connectivity index (χ2v) is 6.08. The first-order chi connectivity index (χ1) is 9.82. The quantitative estimate of drug-likeness (QED) is 0.630. The molecule has 7 nitrogen and oxygen atoms in total. The van der Waals surface area contributed by atoms with Crippen molar-refractivity contribution in [2.45, 2.75) is 37.3 Å². The lowest BCUT2D eigenvalue weighted by Crippen LogP contribution is -2.53. The minimum Gasteiger partial charge on any atom is -0.483 e. The average molecular weight is 359 g/mol. The molecule has 1 aliphatic rings. The van der Waals surface area contributed by atoms with Gasteiger partial charge in [-0.15, -0.1) is 0 Å². The van der Waals surface area contributed by atoms with E-state index in [0.717, 1.165) is 0 Å². The van der Waals surface area contributed by atoms with Gasteiger partial charge in [0.1, 0.15) is 11.6 Å². The van der Waals surface area contributed by atoms with Crippen molar-refractivity contribution in [3.8, 4) is 5.75 Å². The molecule has 0 spiro atoms. The number of rotatable bonds is 4. The maximum absolute atomic E-state index is 11.2. The van der Waals surface area contributed by atoms with Crippen LogP contribution in [0.1, 0.15) is 25.7 Å². The molecule has 0 heterocycles. The summed E-state index contributed by atoms with van der Waals surface area (Å²) in [7, 11) is 0. The smallest absolute Gasteiger partial charge is 0.323 e. The molecule has 0 saturated heterocycles. The molecule has 0 radical (unpaired) electrons. The summed E-state index contributed by atoms with van der Waals surface area (Å²) in [5.41, 5.74) is 4.36. The van der Waals surface area contributed by atoms with Crippen molar-refractivity contribution in [1.82, 2.24) is 0 Å². The number of nitrogens with zero attached hydrogens (tertiary/aromatic N) is 1. The van der Waals surface area contributed by atoms with E-state index in [1.54, 1.807) is 6.07 Å². The summed E-state index contributed by atoms with van der Waals surface area (Å²) in [5.74, 6) is -0.941. The Morgan fingerprint density at radius 3 is 2.90 bits per heavy atom. The maximum atomic E-state index is 11.2. The van der Waals surface area contributed by atoms with Crippen molar-refractivity contribution < 1.29 is 19.6 Å². The number of carboxylic acids is 1. The fourth-order valence-electron chi connectivity index (χ4n) is 2.46. The molecule has 2 unspecified atom stereocenters. The summed E-state index contributed by atoms with van der Waals surface area (Å²) in [4.78, 5) is 21.7. The SMILES string of the molecule is NC1(C(=O)O)CCCC(Oc2ccc(Br)cc2[N+](=O)[O-])C1. The molecule has 0 amide bonds. The zero-order valence-electron chi connectivity index (χ0n) is 11.1. The lowest BCUT2D eigenvalue weighted by Gasteiger charge is -2.34. The van der Waals surface area contributed by atoms with E-state index in [9.17, 15) is 14.9 Å². The number of carbonyl (C=O) groups is 1. The fourth-order valence-corrected chi connectivity index (χ4v) is 2.81. The number of nitro benzene ring substituents is 1. The second-order valence-electron chi connectivity index (χ2n) is 5.17. The van der Waals surface area contributed by atoms with Gasteiger partial charge in [-0.2, -0.15) is 0 Å². The highest BCUT2D eigenvalue weighted by Gasteiger charge is 2.40. The highest BCUT2D eigenvalue weighted by molar-refractivity contribution is 9.10. The lowest BCUT2D eigenvalue weighted by atomic mass is 9.81. The standard InChI is InChI=1S/C13H15BrN2O5/c14-8-3-4-11(10(6-8)16(19)20)21-9-2-1-5-13(15,7-9)12(17)18/h3-4,6,9H,1-2,5,7,15H2,(H,17,18). The molecule has 3 N–H and O–H groups in total. The third kappa shape index (κ3) is 3.51. The normalized spacial score (nSPS) is 25.3. The van der Waals surface area contributed by atoms with Gasteiger partial charge in [0, 0.05) is 17.0 Å². The Hall–Kier alpha value is -1.67. The van der Waals surface area contributed by atoms with Crippen LogP contribution < -0.4 is 10.5 Å². The van der Waals surface area contributed by atoms with Crippen molar-refractivity contribution in [3.05, 3.63) is 32.8 Å². The van der Waals surface area contributed by atoms with Crippen molar-refractivity contribution in [1.29, 1.82) is 0 Å². The molecule has 0 aromatic heterocycles. The summed E-state index contributed by atoms with van der Waals surface area (Å²) >= 11 is 3.17. The Labute approximate surface area is 129 Å². The number of nitrogens with two attached hydrogens (primary N) is 1. The first-order valence-corrected chi connectivity index (χ1v) is 7.24. The highest BCUT2D eigenvalue weighted by atomic mass is 79.9. The van der Waals surface area contributed by atoms with E-state index in [0.29, 0.717) is 23.7 Å². The fraction of sp³-hybridized carbons (Fsp3) is 0.462. The summed E-state index contributed by atoms with van der Waals surface area (Å²) in [6.45, 7) is 0. The van der Waals surface area contributed by atoms with Crippen LogP contribution in [0.4, 0.5) is 5.69 Å². The summed E-state index contributed by atoms with van der Waals surface area (Å²) < 4.78 is 6.22. The van der Waals surface area contributed by atoms with E-state index in [4.69, 9.17) is 15.6 Å². The zero-order chi connectivity index (χ0) is 15.6. The number of aliphatic carboxylic acids is 1. The van der Waals surface area contributed by atoms with Crippen LogP contribution in [0.3, 0.4) is 0 Å². The Kier molecular flexibility index (Phi) is 4.48. The van der Waals surface area contributed by atoms with Gasteiger partial charge in [0.2, 0.25) is 0 Å². The van der Waals surface area contributed by atoms with Gasteiger partial charge in [0.15, 0.2) is 5.75 Å². The minimum atomic E-state index is -1.33. The summed E-state index contributed by atoms with van der Waals surface area (Å²) in [6.07, 6.45) is 1.30. The van der Waals surface area contributed by atoms with Gasteiger partial charge in [-0.1, -0.05) is 15.9 Å². The monoisotopic (exact) mass is 358 g/mol. The zero-order valence-corrected chi connectivity index (χ0v) is 12.7. The number of benzene rings is 1. The van der Waals surface area contributed by atoms with E-state index < -0.39 is 22.5 Å². The van der Waals surface area contributed by atoms with Crippen LogP contribution in [0.2, 0.25) is 0 Å². The Morgan fingerprint density at radius 1 is 1.57 bits per heavy atom. The minimum absolute atomic E-state index is 0.128. The molecule has 2 atom stereocenters. The third-order valence-electron chi connectivity index (χ3n) is 3.58. The van der Waals surface area contributed by atoms with Crippen LogP contribution >= 0.6 is 15.9 Å². The van der Waals surface area contributed by atoms with Gasteiger partial charge >= 0.3 is 11.7 Å². The van der Waals surface area contributed by atoms with E-state index in [1.807, 2.05) is 0 Å². The maximum Gasteiger partial charge on any atom is 0.323 e. The Bertz CT molecular complexity index is 580. The Morgan fingerprint density at radius 2 is 2.29 bits per heavy atom. The number of hydrogen-bond acceptors (Lipinski definition) is 5. The Balaban J connectivity index is 2.19. The van der Waals surface area contributed by atoms with Gasteiger partial charge in [0.05, 0.1) is 4.92 Å². The number of halogens is 1. The molecule has 0 bridgehead atoms. The molecule has 2 rings (SSSR count). The topological polar surface area (TPSA) is 116 Å². The molecule has 1 aromatic rings. The molecule has 0 aliphatic heterocycles. The van der Waals surface area contributed by atoms with Crippen molar-refractivity contribution >= 4 is 27.6 Å². The lowest BCUT2D eigenvalue weighted by molar-refractivity contribution is -0.386. The second kappa shape index (κ2) is 5.98. The molecule has 1 aliphatic carbocycles. The van der Waals surface area contributed by atoms with E-state index in [-0.39, 0.29) is 17.9 Å². The van der Waals surface area contributed by atoms with Crippen molar-refractivity contribution in [2.75, 3.05) is 0 Å². The molecular formula is C13H15BrN2O5. The molecule has 1 aromatic carbocycles. The molecule has 114 valence electrons. The van der Waals surface area contributed by atoms with Crippen molar-refractivity contribution in [3.63, 3.8) is 0 Å². The van der Waals surface area contributed by atoms with E-state index in [1.165, 1.54) is 12.1 Å². The van der Waals surface area contributed by atoms with Crippen LogP contribution in [0, 0.1) is 10.1 Å². The van der Waals surface area contributed by atoms with Gasteiger partial charge in [-0.25, -0.2) is 0 Å². The van der Waals surface area contributed by atoms with E-state index in [2.05, 4.69) is 15.9 Å². The number of ether oxygens (including phenoxy) is 1. The predicted molar refractivity (Wildman–Crippen MR) is 78.2 cm³/mol. The van der Waals surface area contributed by atoms with Crippen LogP contribution in [-0.2, 0) is 4.79 Å². The average Bonchev–Trinajstić information content (AvgIpc) is 2.40. The molecule has 8 heteroatoms. The first kappa shape index (κ1) is 15.7. The van der Waals surface area contributed by atoms with E-state index >= 15 is 0 Å². The third-order valence-corrected chi connectivity index (χ3v) is 4.07. The first-order valence-electron chi connectivity index (χ1n) is 6.45. The largest absolute Gasteiger partial charge is 0.483 e. The van der Waals surface area contributed by atoms with Gasteiger partial charge in [-0.05, 0) is 31.4 Å². The van der Waals surface area contributed by atoms with Gasteiger partial charge in [-0.3, -0.25) is 14.9 Å². The van der Waals surface area contributed by atoms with Gasteiger partial charge in [0.25, 0.3) is 0 Å². The van der Waals surface area contributed by atoms with Crippen LogP contribution in [0.15, 0.2) is 22.7 Å². The number of nitro groups is 1. The summed E-state index contributed by atoms with van der Waals surface area (Å²) in [5, 5.41) is 20.2. The predicted octanol–water partition coefficient (Wildman–Crippen LogP) is 2.46. The molecule has 1 saturated carbocycles. The summed E-state index contributed by atoms with van der Waals surface area (Å²) in [6, 6.07) is 4.49. The van der Waals surface area contributed by atoms with Crippen LogP contribution in [0.5, 0.6) is 5.75 Å².